The van der Waals surface area contributed by atoms with Crippen LogP contribution in [0.5, 0.6) is 11.5 Å². The summed E-state index contributed by atoms with van der Waals surface area (Å²) in [5, 5.41) is 6.46. The van der Waals surface area contributed by atoms with Crippen LogP contribution >= 0.6 is 23.2 Å². The zero-order valence-electron chi connectivity index (χ0n) is 15.4. The lowest BCUT2D eigenvalue weighted by Gasteiger charge is -2.13. The number of carbonyl (C=O) groups excluding carboxylic acids is 1. The van der Waals surface area contributed by atoms with Gasteiger partial charge in [0.1, 0.15) is 6.61 Å². The van der Waals surface area contributed by atoms with Gasteiger partial charge in [-0.2, -0.15) is 10.1 Å². The van der Waals surface area contributed by atoms with Gasteiger partial charge in [-0.15, -0.1) is 0 Å². The molecule has 0 bridgehead atoms. The van der Waals surface area contributed by atoms with E-state index in [9.17, 15) is 4.79 Å². The average molecular weight is 417 g/mol. The second-order valence-corrected chi connectivity index (χ2v) is 6.76. The molecule has 0 fully saturated rings. The summed E-state index contributed by atoms with van der Waals surface area (Å²) in [5.74, 6) is 0.615. The number of methoxy groups -OCH3 is 1. The zero-order chi connectivity index (χ0) is 20.3. The van der Waals surface area contributed by atoms with Gasteiger partial charge in [-0.25, -0.2) is 0 Å². The second kappa shape index (κ2) is 8.50. The van der Waals surface area contributed by atoms with E-state index in [0.29, 0.717) is 50.7 Å². The molecule has 2 aromatic carbocycles. The van der Waals surface area contributed by atoms with Crippen molar-refractivity contribution in [2.45, 2.75) is 6.92 Å². The van der Waals surface area contributed by atoms with Crippen molar-refractivity contribution in [3.63, 3.8) is 0 Å². The van der Waals surface area contributed by atoms with Crippen molar-refractivity contribution in [2.75, 3.05) is 18.7 Å². The Bertz CT molecular complexity index is 999. The van der Waals surface area contributed by atoms with Crippen molar-refractivity contribution < 1.29 is 14.3 Å². The number of benzene rings is 2. The molecule has 2 aromatic rings. The minimum atomic E-state index is -0.271. The third-order valence-corrected chi connectivity index (χ3v) is 4.65. The third-order valence-electron chi connectivity index (χ3n) is 4.05. The summed E-state index contributed by atoms with van der Waals surface area (Å²) >= 11 is 12.5. The molecule has 7 heteroatoms. The van der Waals surface area contributed by atoms with Gasteiger partial charge in [0.15, 0.2) is 11.5 Å². The Morgan fingerprint density at radius 3 is 2.64 bits per heavy atom. The van der Waals surface area contributed by atoms with Gasteiger partial charge in [-0.05, 0) is 42.8 Å². The maximum atomic E-state index is 12.9. The molecule has 1 heterocycles. The van der Waals surface area contributed by atoms with E-state index in [-0.39, 0.29) is 5.91 Å². The van der Waals surface area contributed by atoms with Crippen molar-refractivity contribution in [3.8, 4) is 11.5 Å². The molecule has 28 heavy (non-hydrogen) atoms. The van der Waals surface area contributed by atoms with Crippen LogP contribution in [0.15, 0.2) is 59.7 Å². The lowest BCUT2D eigenvalue weighted by atomic mass is 10.1. The summed E-state index contributed by atoms with van der Waals surface area (Å²) in [6.07, 6.45) is 3.33. The Balaban J connectivity index is 1.97. The number of rotatable bonds is 6. The highest BCUT2D eigenvalue weighted by molar-refractivity contribution is 6.37. The van der Waals surface area contributed by atoms with Gasteiger partial charge in [-0.1, -0.05) is 48.0 Å². The molecule has 144 valence electrons. The first-order valence-corrected chi connectivity index (χ1v) is 9.19. The standard InChI is InChI=1S/C21H18Cl2N2O3/c1-4-9-28-20-17(23)11-14(12-19(20)27-3)10-15-13(2)24-25(21(15)26)18-8-6-5-7-16(18)22/h4-8,10-12H,1,9H2,2-3H3. The van der Waals surface area contributed by atoms with Gasteiger partial charge in [0, 0.05) is 0 Å². The van der Waals surface area contributed by atoms with Crippen molar-refractivity contribution in [2.24, 2.45) is 5.10 Å². The third kappa shape index (κ3) is 3.91. The number of amides is 1. The summed E-state index contributed by atoms with van der Waals surface area (Å²) < 4.78 is 10.9. The predicted molar refractivity (Wildman–Crippen MR) is 114 cm³/mol. The van der Waals surface area contributed by atoms with E-state index in [0.717, 1.165) is 0 Å². The molecule has 0 radical (unpaired) electrons. The fourth-order valence-electron chi connectivity index (χ4n) is 2.74. The van der Waals surface area contributed by atoms with Crippen LogP contribution in [0.1, 0.15) is 12.5 Å². The number of anilines is 1. The lowest BCUT2D eigenvalue weighted by molar-refractivity contribution is -0.114. The number of ether oxygens (including phenoxy) is 2. The Morgan fingerprint density at radius 1 is 1.21 bits per heavy atom. The van der Waals surface area contributed by atoms with E-state index >= 15 is 0 Å². The minimum absolute atomic E-state index is 0.271. The molecule has 0 saturated heterocycles. The molecule has 0 spiro atoms. The maximum absolute atomic E-state index is 12.9. The van der Waals surface area contributed by atoms with Crippen LogP contribution in [0.3, 0.4) is 0 Å². The van der Waals surface area contributed by atoms with E-state index in [1.54, 1.807) is 55.5 Å². The highest BCUT2D eigenvalue weighted by Crippen LogP contribution is 2.38. The first-order valence-electron chi connectivity index (χ1n) is 8.43. The first kappa shape index (κ1) is 20.0. The van der Waals surface area contributed by atoms with E-state index in [1.165, 1.54) is 12.1 Å². The topological polar surface area (TPSA) is 51.1 Å². The summed E-state index contributed by atoms with van der Waals surface area (Å²) in [6.45, 7) is 5.68. The number of para-hydroxylation sites is 1. The van der Waals surface area contributed by atoms with Crippen LogP contribution < -0.4 is 14.5 Å². The normalized spacial score (nSPS) is 15.0. The van der Waals surface area contributed by atoms with Gasteiger partial charge in [0.2, 0.25) is 0 Å². The molecule has 0 atom stereocenters. The highest BCUT2D eigenvalue weighted by atomic mass is 35.5. The Morgan fingerprint density at radius 2 is 1.96 bits per heavy atom. The molecular weight excluding hydrogens is 399 g/mol. The van der Waals surface area contributed by atoms with Gasteiger partial charge in [0.25, 0.3) is 5.91 Å². The van der Waals surface area contributed by atoms with Crippen LogP contribution in [0.25, 0.3) is 6.08 Å². The average Bonchev–Trinajstić information content (AvgIpc) is 2.95. The van der Waals surface area contributed by atoms with Crippen molar-refractivity contribution >= 4 is 46.6 Å². The number of carbonyl (C=O) groups is 1. The van der Waals surface area contributed by atoms with Crippen molar-refractivity contribution in [1.82, 2.24) is 0 Å². The van der Waals surface area contributed by atoms with E-state index in [2.05, 4.69) is 11.7 Å². The number of hydrogen-bond acceptors (Lipinski definition) is 4. The molecule has 0 N–H and O–H groups in total. The largest absolute Gasteiger partial charge is 0.493 e. The van der Waals surface area contributed by atoms with E-state index in [1.807, 2.05) is 0 Å². The second-order valence-electron chi connectivity index (χ2n) is 5.95. The van der Waals surface area contributed by atoms with E-state index < -0.39 is 0 Å². The number of nitrogens with zero attached hydrogens (tertiary/aromatic N) is 2. The van der Waals surface area contributed by atoms with Crippen LogP contribution in [0.4, 0.5) is 5.69 Å². The van der Waals surface area contributed by atoms with Crippen LogP contribution in [-0.2, 0) is 4.79 Å². The number of halogens is 2. The molecule has 0 unspecified atom stereocenters. The van der Waals surface area contributed by atoms with Gasteiger partial charge >= 0.3 is 0 Å². The minimum Gasteiger partial charge on any atom is -0.493 e. The lowest BCUT2D eigenvalue weighted by Crippen LogP contribution is -2.21. The van der Waals surface area contributed by atoms with Gasteiger partial charge < -0.3 is 9.47 Å². The molecule has 1 aliphatic heterocycles. The maximum Gasteiger partial charge on any atom is 0.280 e. The monoisotopic (exact) mass is 416 g/mol. The van der Waals surface area contributed by atoms with Crippen molar-refractivity contribution in [3.05, 3.63) is 70.2 Å². The van der Waals surface area contributed by atoms with Crippen LogP contribution in [0.2, 0.25) is 10.0 Å². The fraction of sp³-hybridized carbons (Fsp3) is 0.143. The molecule has 0 saturated carbocycles. The Labute approximate surface area is 173 Å². The molecule has 1 amide bonds. The van der Waals surface area contributed by atoms with Crippen LogP contribution in [0, 0.1) is 0 Å². The Hall–Kier alpha value is -2.76. The smallest absolute Gasteiger partial charge is 0.280 e. The van der Waals surface area contributed by atoms with Gasteiger partial charge in [0.05, 0.1) is 34.1 Å². The molecule has 1 aliphatic rings. The molecule has 3 rings (SSSR count). The summed E-state index contributed by atoms with van der Waals surface area (Å²) in [7, 11) is 1.52. The van der Waals surface area contributed by atoms with Crippen LogP contribution in [-0.4, -0.2) is 25.3 Å². The molecule has 0 aromatic heterocycles. The van der Waals surface area contributed by atoms with Gasteiger partial charge in [-0.3, -0.25) is 4.79 Å². The molecule has 5 nitrogen and oxygen atoms in total. The molecule has 0 aliphatic carbocycles. The summed E-state index contributed by atoms with van der Waals surface area (Å²) in [6, 6.07) is 10.5. The quantitative estimate of drug-likeness (QED) is 0.469. The summed E-state index contributed by atoms with van der Waals surface area (Å²) in [4.78, 5) is 12.9. The number of hydrogen-bond donors (Lipinski definition) is 0. The summed E-state index contributed by atoms with van der Waals surface area (Å²) in [5.41, 5.74) is 2.23. The first-order chi connectivity index (χ1) is 13.5. The predicted octanol–water partition coefficient (Wildman–Crippen LogP) is 5.37. The highest BCUT2D eigenvalue weighted by Gasteiger charge is 2.30. The van der Waals surface area contributed by atoms with E-state index in [4.69, 9.17) is 32.7 Å². The van der Waals surface area contributed by atoms with Crippen molar-refractivity contribution in [1.29, 1.82) is 0 Å². The number of hydrazone groups is 1. The zero-order valence-corrected chi connectivity index (χ0v) is 16.9. The molecular formula is C21H18Cl2N2O3. The SMILES string of the molecule is C=CCOc1c(Cl)cc(C=C2C(=O)N(c3ccccc3Cl)N=C2C)cc1OC. The fourth-order valence-corrected chi connectivity index (χ4v) is 3.23. The Kier molecular flexibility index (Phi) is 6.07.